The number of esters is 5. The molecule has 1 aromatic rings. The summed E-state index contributed by atoms with van der Waals surface area (Å²) in [5.41, 5.74) is -17.8. The normalized spacial score (nSPS) is 51.6. The van der Waals surface area contributed by atoms with E-state index in [0.717, 1.165) is 0 Å². The van der Waals surface area contributed by atoms with Crippen LogP contribution >= 0.6 is 0 Å². The summed E-state index contributed by atoms with van der Waals surface area (Å²) in [7, 11) is 1.21. The summed E-state index contributed by atoms with van der Waals surface area (Å²) in [5, 5.41) is 28.1. The number of hydrogen-bond donors (Lipinski definition) is 2. The number of furan rings is 1. The minimum atomic E-state index is -2.80. The number of cyclic esters (lactones) is 1. The van der Waals surface area contributed by atoms with Gasteiger partial charge in [0.05, 0.1) is 44.0 Å². The Bertz CT molecular complexity index is 2070. The van der Waals surface area contributed by atoms with Crippen molar-refractivity contribution in [1.29, 1.82) is 0 Å². The van der Waals surface area contributed by atoms with Crippen LogP contribution in [-0.2, 0) is 66.6 Å². The van der Waals surface area contributed by atoms with Gasteiger partial charge in [-0.1, -0.05) is 48.5 Å². The standard InChI is InChI=1S/C43H56O17/c1-12-21(4)30(47)53-25-16-35(7)28(23-13-14-52-18-23)54-27(45)17-40(35)43-32(55-29(46)20(2)3)41(50)31(56-33(48)36(8)22(5)57-36)34(6)19-39(41,49)37(9,24(34)15-26(44)51-11)42(25,43)59-38(10,58-40)60-43/h13-14,18,20-22,24-25,28,31-32,49-50H,12,15-17,19H2,1-11H3/t21?,22?,24?,25?,28?,31?,32?,34-,35+,36?,37+,38?,39?,40?,41-,42?,43?/m1/s1. The number of aliphatic hydroxyl groups is 2. The summed E-state index contributed by atoms with van der Waals surface area (Å²) in [6.07, 6.45) is -5.20. The van der Waals surface area contributed by atoms with E-state index in [4.69, 9.17) is 47.0 Å². The van der Waals surface area contributed by atoms with Gasteiger partial charge in [0.25, 0.3) is 5.97 Å². The van der Waals surface area contributed by atoms with Crippen molar-refractivity contribution in [3.05, 3.63) is 24.2 Å². The van der Waals surface area contributed by atoms with Gasteiger partial charge in [-0.05, 0) is 45.1 Å². The molecule has 1 aromatic heterocycles. The minimum absolute atomic E-state index is 0.151. The van der Waals surface area contributed by atoms with Gasteiger partial charge >= 0.3 is 29.8 Å². The second-order valence-electron chi connectivity index (χ2n) is 20.0. The van der Waals surface area contributed by atoms with Crippen LogP contribution in [0.1, 0.15) is 113 Å². The summed E-state index contributed by atoms with van der Waals surface area (Å²) >= 11 is 0. The van der Waals surface area contributed by atoms with Crippen molar-refractivity contribution in [3.8, 4) is 0 Å². The monoisotopic (exact) mass is 844 g/mol. The van der Waals surface area contributed by atoms with Crippen molar-refractivity contribution in [1.82, 2.24) is 0 Å². The molecule has 9 rings (SSSR count). The highest BCUT2D eigenvalue weighted by Gasteiger charge is 3.07. The Labute approximate surface area is 347 Å². The van der Waals surface area contributed by atoms with Crippen LogP contribution in [0.25, 0.3) is 0 Å². The molecule has 8 aliphatic rings. The topological polar surface area (TPSA) is 225 Å². The molecule has 4 aliphatic carbocycles. The zero-order valence-electron chi connectivity index (χ0n) is 35.9. The van der Waals surface area contributed by atoms with Crippen LogP contribution in [0.3, 0.4) is 0 Å². The third-order valence-corrected chi connectivity index (χ3v) is 16.8. The Kier molecular flexibility index (Phi) is 8.41. The maximum atomic E-state index is 14.4. The number of carbonyl (C=O) groups is 5. The second-order valence-corrected chi connectivity index (χ2v) is 20.0. The van der Waals surface area contributed by atoms with E-state index in [1.54, 1.807) is 54.5 Å². The lowest BCUT2D eigenvalue weighted by molar-refractivity contribution is -0.479. The van der Waals surface area contributed by atoms with Crippen LogP contribution in [0.15, 0.2) is 23.0 Å². The Morgan fingerprint density at radius 2 is 1.60 bits per heavy atom. The van der Waals surface area contributed by atoms with Gasteiger partial charge in [0.1, 0.15) is 29.5 Å². The molecule has 17 heteroatoms. The Morgan fingerprint density at radius 1 is 0.933 bits per heavy atom. The fourth-order valence-corrected chi connectivity index (χ4v) is 13.7. The predicted octanol–water partition coefficient (Wildman–Crippen LogP) is 3.34. The fourth-order valence-electron chi connectivity index (χ4n) is 13.7. The summed E-state index contributed by atoms with van der Waals surface area (Å²) in [6.45, 7) is 16.5. The van der Waals surface area contributed by atoms with Crippen molar-refractivity contribution in [2.75, 3.05) is 7.11 Å². The Balaban J connectivity index is 1.41. The fraction of sp³-hybridized carbons (Fsp3) is 0.791. The summed E-state index contributed by atoms with van der Waals surface area (Å²) in [5.74, 6) is -8.52. The van der Waals surface area contributed by atoms with Crippen molar-refractivity contribution in [2.24, 2.45) is 34.0 Å². The number of methoxy groups -OCH3 is 1. The van der Waals surface area contributed by atoms with Crippen LogP contribution in [0, 0.1) is 34.0 Å². The third kappa shape index (κ3) is 4.28. The molecule has 4 saturated carbocycles. The number of carbonyl (C=O) groups excluding carboxylic acids is 5. The maximum Gasteiger partial charge on any atom is 0.341 e. The largest absolute Gasteiger partial charge is 0.472 e. The molecule has 0 radical (unpaired) electrons. The molecule has 60 heavy (non-hydrogen) atoms. The van der Waals surface area contributed by atoms with E-state index in [9.17, 15) is 34.2 Å². The number of ether oxygens (including phenoxy) is 9. The molecular weight excluding hydrogens is 788 g/mol. The Morgan fingerprint density at radius 3 is 2.18 bits per heavy atom. The van der Waals surface area contributed by atoms with Crippen molar-refractivity contribution in [2.45, 2.75) is 171 Å². The molecule has 0 amide bonds. The average Bonchev–Trinajstić information content (AvgIpc) is 3.63. The number of fused-ring (bicyclic) bond motifs is 2. The van der Waals surface area contributed by atoms with Crippen molar-refractivity contribution < 1.29 is 81.2 Å². The van der Waals surface area contributed by atoms with E-state index in [1.165, 1.54) is 33.5 Å². The van der Waals surface area contributed by atoms with Gasteiger partial charge in [0, 0.05) is 35.2 Å². The average molecular weight is 845 g/mol. The smallest absolute Gasteiger partial charge is 0.341 e. The molecule has 17 nitrogen and oxygen atoms in total. The Hall–Kier alpha value is -3.61. The molecule has 2 spiro atoms. The number of hydrogen-bond acceptors (Lipinski definition) is 17. The first-order chi connectivity index (χ1) is 27.8. The highest BCUT2D eigenvalue weighted by Crippen LogP contribution is 2.89. The molecule has 8 fully saturated rings. The molecule has 5 heterocycles. The predicted molar refractivity (Wildman–Crippen MR) is 198 cm³/mol. The molecule has 4 saturated heterocycles. The summed E-state index contributed by atoms with van der Waals surface area (Å²) in [4.78, 5) is 71.1. The van der Waals surface area contributed by atoms with E-state index in [0.29, 0.717) is 12.0 Å². The van der Waals surface area contributed by atoms with Gasteiger partial charge in [-0.25, -0.2) is 4.79 Å². The molecular formula is C43H56O17. The molecule has 4 aliphatic heterocycles. The van der Waals surface area contributed by atoms with Gasteiger partial charge < -0.3 is 57.3 Å². The van der Waals surface area contributed by atoms with Crippen LogP contribution < -0.4 is 0 Å². The van der Waals surface area contributed by atoms with E-state index in [1.807, 2.05) is 6.92 Å². The van der Waals surface area contributed by atoms with Gasteiger partial charge in [-0.2, -0.15) is 0 Å². The van der Waals surface area contributed by atoms with Crippen molar-refractivity contribution in [3.63, 3.8) is 0 Å². The summed E-state index contributed by atoms with van der Waals surface area (Å²) < 4.78 is 63.7. The number of rotatable bonds is 10. The zero-order chi connectivity index (χ0) is 43.8. The van der Waals surface area contributed by atoms with Gasteiger partial charge in [-0.3, -0.25) is 19.2 Å². The van der Waals surface area contributed by atoms with Crippen LogP contribution in [-0.4, -0.2) is 111 Å². The molecule has 4 bridgehead atoms. The zero-order valence-corrected chi connectivity index (χ0v) is 35.9. The molecule has 17 atom stereocenters. The van der Waals surface area contributed by atoms with Gasteiger partial charge in [0.2, 0.25) is 0 Å². The van der Waals surface area contributed by atoms with E-state index in [-0.39, 0.29) is 12.8 Å². The lowest BCUT2D eigenvalue weighted by Crippen LogP contribution is -2.99. The maximum absolute atomic E-state index is 14.4. The van der Waals surface area contributed by atoms with E-state index in [2.05, 4.69) is 0 Å². The molecule has 13 unspecified atom stereocenters. The second kappa shape index (κ2) is 12.1. The molecule has 330 valence electrons. The first-order valence-electron chi connectivity index (χ1n) is 21.0. The lowest BCUT2D eigenvalue weighted by atomic mass is 9.31. The molecule has 0 aromatic carbocycles. The highest BCUT2D eigenvalue weighted by molar-refractivity contribution is 5.83. The quantitative estimate of drug-likeness (QED) is 0.196. The van der Waals surface area contributed by atoms with Crippen LogP contribution in [0.4, 0.5) is 0 Å². The highest BCUT2D eigenvalue weighted by atomic mass is 17.0. The van der Waals surface area contributed by atoms with E-state index < -0.39 is 147 Å². The van der Waals surface area contributed by atoms with Gasteiger partial charge in [0.15, 0.2) is 28.5 Å². The first kappa shape index (κ1) is 41.7. The van der Waals surface area contributed by atoms with E-state index >= 15 is 0 Å². The third-order valence-electron chi connectivity index (χ3n) is 16.8. The SMILES string of the molecule is CCC(C)C(=O)OC1C[C@@]2(C)C(c3ccoc3)OC(=O)CC23OC2(C)OC34C(OC(=O)C(C)C)[C@]3(O)C(OC(=O)C5(C)OC5C)[C@]5(C)CC3(O)[C@](C)(C5CC(=O)OC)C14O2. The van der Waals surface area contributed by atoms with Crippen LogP contribution in [0.2, 0.25) is 0 Å². The van der Waals surface area contributed by atoms with Crippen molar-refractivity contribution >= 4 is 29.8 Å². The number of epoxide rings is 1. The minimum Gasteiger partial charge on any atom is -0.472 e. The van der Waals surface area contributed by atoms with Gasteiger partial charge in [-0.15, -0.1) is 0 Å². The first-order valence-corrected chi connectivity index (χ1v) is 21.0. The summed E-state index contributed by atoms with van der Waals surface area (Å²) in [6, 6.07) is 1.62. The van der Waals surface area contributed by atoms with Crippen LogP contribution in [0.5, 0.6) is 0 Å². The lowest BCUT2D eigenvalue weighted by Gasteiger charge is -2.79. The molecule has 2 N–H and O–H groups in total.